The Hall–Kier alpha value is -3.81. The van der Waals surface area contributed by atoms with Gasteiger partial charge in [0.15, 0.2) is 5.69 Å². The SMILES string of the molecule is CCOC(=O)c1nn(-c2ccc(OC)cc2)c2c1CN(C(=O)Nc1ccccc1)CC2. The number of urea groups is 1. The van der Waals surface area contributed by atoms with Crippen molar-refractivity contribution in [1.29, 1.82) is 0 Å². The van der Waals surface area contributed by atoms with Crippen molar-refractivity contribution in [1.82, 2.24) is 14.7 Å². The molecule has 2 amide bonds. The molecule has 0 fully saturated rings. The zero-order valence-electron chi connectivity index (χ0n) is 17.5. The number of nitrogens with one attached hydrogen (secondary N) is 1. The van der Waals surface area contributed by atoms with Crippen LogP contribution in [0.15, 0.2) is 54.6 Å². The van der Waals surface area contributed by atoms with Crippen LogP contribution in [-0.4, -0.2) is 46.9 Å². The Kier molecular flexibility index (Phi) is 5.88. The van der Waals surface area contributed by atoms with Gasteiger partial charge in [-0.2, -0.15) is 5.10 Å². The molecule has 8 heteroatoms. The Bertz CT molecular complexity index is 1080. The molecule has 0 saturated heterocycles. The second kappa shape index (κ2) is 8.91. The molecule has 8 nitrogen and oxygen atoms in total. The van der Waals surface area contributed by atoms with Gasteiger partial charge < -0.3 is 19.7 Å². The number of carbonyl (C=O) groups excluding carboxylic acids is 2. The van der Waals surface area contributed by atoms with Gasteiger partial charge in [0.2, 0.25) is 0 Å². The smallest absolute Gasteiger partial charge is 0.359 e. The zero-order chi connectivity index (χ0) is 21.8. The van der Waals surface area contributed by atoms with Gasteiger partial charge in [-0.25, -0.2) is 14.3 Å². The van der Waals surface area contributed by atoms with Crippen molar-refractivity contribution in [3.05, 3.63) is 71.5 Å². The summed E-state index contributed by atoms with van der Waals surface area (Å²) in [5.41, 5.74) is 3.39. The van der Waals surface area contributed by atoms with Crippen LogP contribution in [0.5, 0.6) is 5.75 Å². The summed E-state index contributed by atoms with van der Waals surface area (Å²) in [5, 5.41) is 7.45. The monoisotopic (exact) mass is 420 g/mol. The minimum absolute atomic E-state index is 0.219. The van der Waals surface area contributed by atoms with Crippen LogP contribution in [0.3, 0.4) is 0 Å². The van der Waals surface area contributed by atoms with Crippen LogP contribution in [0.2, 0.25) is 0 Å². The number of aromatic nitrogens is 2. The highest BCUT2D eigenvalue weighted by Gasteiger charge is 2.31. The number of amides is 2. The van der Waals surface area contributed by atoms with Crippen LogP contribution in [0.25, 0.3) is 5.69 Å². The molecule has 0 spiro atoms. The molecule has 1 aliphatic heterocycles. The number of carbonyl (C=O) groups is 2. The number of ether oxygens (including phenoxy) is 2. The van der Waals surface area contributed by atoms with Crippen LogP contribution < -0.4 is 10.1 Å². The second-order valence-corrected chi connectivity index (χ2v) is 7.07. The van der Waals surface area contributed by atoms with Crippen molar-refractivity contribution in [2.24, 2.45) is 0 Å². The highest BCUT2D eigenvalue weighted by atomic mass is 16.5. The van der Waals surface area contributed by atoms with E-state index in [1.165, 1.54) is 0 Å². The molecule has 3 aromatic rings. The van der Waals surface area contributed by atoms with E-state index in [1.54, 1.807) is 23.6 Å². The molecule has 0 aliphatic carbocycles. The Morgan fingerprint density at radius 2 is 1.84 bits per heavy atom. The first-order valence-corrected chi connectivity index (χ1v) is 10.1. The van der Waals surface area contributed by atoms with Crippen molar-refractivity contribution < 1.29 is 19.1 Å². The van der Waals surface area contributed by atoms with Crippen LogP contribution in [-0.2, 0) is 17.7 Å². The average Bonchev–Trinajstić information content (AvgIpc) is 3.19. The van der Waals surface area contributed by atoms with Crippen molar-refractivity contribution >= 4 is 17.7 Å². The fourth-order valence-corrected chi connectivity index (χ4v) is 3.62. The van der Waals surface area contributed by atoms with E-state index in [0.29, 0.717) is 18.5 Å². The summed E-state index contributed by atoms with van der Waals surface area (Å²) in [5.74, 6) is 0.246. The first kappa shape index (κ1) is 20.5. The molecule has 2 aromatic carbocycles. The number of fused-ring (bicyclic) bond motifs is 1. The third kappa shape index (κ3) is 4.23. The lowest BCUT2D eigenvalue weighted by Crippen LogP contribution is -2.39. The molecule has 2 heterocycles. The summed E-state index contributed by atoms with van der Waals surface area (Å²) in [6.07, 6.45) is 0.565. The maximum atomic E-state index is 12.8. The van der Waals surface area contributed by atoms with E-state index in [-0.39, 0.29) is 24.9 Å². The predicted molar refractivity (Wildman–Crippen MR) is 116 cm³/mol. The Morgan fingerprint density at radius 1 is 1.10 bits per heavy atom. The van der Waals surface area contributed by atoms with Crippen molar-refractivity contribution in [3.63, 3.8) is 0 Å². The molecule has 0 unspecified atom stereocenters. The largest absolute Gasteiger partial charge is 0.497 e. The molecule has 1 aliphatic rings. The standard InChI is InChI=1S/C23H24N4O4/c1-3-31-22(28)21-19-15-26(23(29)24-16-7-5-4-6-8-16)14-13-20(19)27(25-21)17-9-11-18(30-2)12-10-17/h4-12H,3,13-15H2,1-2H3,(H,24,29). The Morgan fingerprint density at radius 3 is 2.52 bits per heavy atom. The molecule has 0 bridgehead atoms. The van der Waals surface area contributed by atoms with Gasteiger partial charge in [-0.3, -0.25) is 0 Å². The van der Waals surface area contributed by atoms with Gasteiger partial charge in [-0.05, 0) is 43.3 Å². The van der Waals surface area contributed by atoms with Crippen LogP contribution in [0.4, 0.5) is 10.5 Å². The van der Waals surface area contributed by atoms with Crippen molar-refractivity contribution in [3.8, 4) is 11.4 Å². The molecule has 1 aromatic heterocycles. The Balaban J connectivity index is 1.64. The van der Waals surface area contributed by atoms with Gasteiger partial charge in [0.05, 0.1) is 31.6 Å². The third-order valence-electron chi connectivity index (χ3n) is 5.16. The zero-order valence-corrected chi connectivity index (χ0v) is 17.5. The number of rotatable bonds is 5. The van der Waals surface area contributed by atoms with Gasteiger partial charge in [-0.15, -0.1) is 0 Å². The maximum absolute atomic E-state index is 12.8. The first-order valence-electron chi connectivity index (χ1n) is 10.1. The van der Waals surface area contributed by atoms with E-state index >= 15 is 0 Å². The number of para-hydroxylation sites is 1. The summed E-state index contributed by atoms with van der Waals surface area (Å²) in [6, 6.07) is 16.5. The fraction of sp³-hybridized carbons (Fsp3) is 0.261. The summed E-state index contributed by atoms with van der Waals surface area (Å²) < 4.78 is 12.2. The second-order valence-electron chi connectivity index (χ2n) is 7.07. The summed E-state index contributed by atoms with van der Waals surface area (Å²) in [7, 11) is 1.61. The van der Waals surface area contributed by atoms with Gasteiger partial charge in [-0.1, -0.05) is 18.2 Å². The number of hydrogen-bond donors (Lipinski definition) is 1. The van der Waals surface area contributed by atoms with Gasteiger partial charge in [0, 0.05) is 24.2 Å². The topological polar surface area (TPSA) is 85.7 Å². The van der Waals surface area contributed by atoms with Crippen LogP contribution >= 0.6 is 0 Å². The number of nitrogens with zero attached hydrogens (tertiary/aromatic N) is 3. The number of benzene rings is 2. The van der Waals surface area contributed by atoms with E-state index in [0.717, 1.165) is 22.8 Å². The molecule has 0 saturated carbocycles. The quantitative estimate of drug-likeness (QED) is 0.637. The minimum atomic E-state index is -0.490. The molecule has 31 heavy (non-hydrogen) atoms. The highest BCUT2D eigenvalue weighted by Crippen LogP contribution is 2.27. The summed E-state index contributed by atoms with van der Waals surface area (Å²) >= 11 is 0. The first-order chi connectivity index (χ1) is 15.1. The van der Waals surface area contributed by atoms with Crippen molar-refractivity contribution in [2.75, 3.05) is 25.6 Å². The number of esters is 1. The fourth-order valence-electron chi connectivity index (χ4n) is 3.62. The van der Waals surface area contributed by atoms with E-state index in [1.807, 2.05) is 54.6 Å². The van der Waals surface area contributed by atoms with E-state index in [2.05, 4.69) is 10.4 Å². The Labute approximate surface area is 180 Å². The van der Waals surface area contributed by atoms with Gasteiger partial charge in [0.25, 0.3) is 0 Å². The van der Waals surface area contributed by atoms with E-state index in [4.69, 9.17) is 9.47 Å². The lowest BCUT2D eigenvalue weighted by Gasteiger charge is -2.28. The molecular weight excluding hydrogens is 396 g/mol. The molecule has 160 valence electrons. The van der Waals surface area contributed by atoms with E-state index in [9.17, 15) is 9.59 Å². The lowest BCUT2D eigenvalue weighted by molar-refractivity contribution is 0.0516. The number of hydrogen-bond acceptors (Lipinski definition) is 5. The van der Waals surface area contributed by atoms with Crippen LogP contribution in [0.1, 0.15) is 28.7 Å². The summed E-state index contributed by atoms with van der Waals surface area (Å²) in [6.45, 7) is 2.79. The average molecular weight is 420 g/mol. The molecule has 4 rings (SSSR count). The van der Waals surface area contributed by atoms with Gasteiger partial charge in [0.1, 0.15) is 5.75 Å². The predicted octanol–water partition coefficient (Wildman–Crippen LogP) is 3.65. The molecule has 0 radical (unpaired) electrons. The molecule has 0 atom stereocenters. The molecular formula is C23H24N4O4. The minimum Gasteiger partial charge on any atom is -0.497 e. The van der Waals surface area contributed by atoms with E-state index < -0.39 is 5.97 Å². The highest BCUT2D eigenvalue weighted by molar-refractivity contribution is 5.91. The van der Waals surface area contributed by atoms with Crippen LogP contribution in [0, 0.1) is 0 Å². The normalized spacial score (nSPS) is 12.8. The van der Waals surface area contributed by atoms with Crippen molar-refractivity contribution in [2.45, 2.75) is 19.9 Å². The molecule has 1 N–H and O–H groups in total. The van der Waals surface area contributed by atoms with Gasteiger partial charge >= 0.3 is 12.0 Å². The third-order valence-corrected chi connectivity index (χ3v) is 5.16. The summed E-state index contributed by atoms with van der Waals surface area (Å²) in [4.78, 5) is 27.1. The maximum Gasteiger partial charge on any atom is 0.359 e. The number of methoxy groups -OCH3 is 1. The number of anilines is 1. The lowest BCUT2D eigenvalue weighted by atomic mass is 10.0.